The van der Waals surface area contributed by atoms with Gasteiger partial charge in [-0.3, -0.25) is 0 Å². The lowest BCUT2D eigenvalue weighted by atomic mass is 10.1. The summed E-state index contributed by atoms with van der Waals surface area (Å²) in [5.74, 6) is 0.822. The third-order valence-corrected chi connectivity index (χ3v) is 4.46. The number of alkyl halides is 3. The average Bonchev–Trinajstić information content (AvgIpc) is 2.62. The van der Waals surface area contributed by atoms with Crippen molar-refractivity contribution < 1.29 is 18.3 Å². The van der Waals surface area contributed by atoms with Gasteiger partial charge in [0.2, 0.25) is 0 Å². The highest BCUT2D eigenvalue weighted by atomic mass is 19.4. The second-order valence-electron chi connectivity index (χ2n) is 6.53. The molecule has 0 aliphatic carbocycles. The Hall–Kier alpha value is -2.12. The molecule has 2 heterocycles. The molecular weight excluding hydrogens is 343 g/mol. The van der Waals surface area contributed by atoms with Gasteiger partial charge >= 0.3 is 6.18 Å². The van der Waals surface area contributed by atoms with Gasteiger partial charge in [-0.2, -0.15) is 13.2 Å². The Bertz CT molecular complexity index is 736. The van der Waals surface area contributed by atoms with Crippen LogP contribution in [-0.4, -0.2) is 29.3 Å². The lowest BCUT2D eigenvalue weighted by molar-refractivity contribution is -0.137. The van der Waals surface area contributed by atoms with Crippen molar-refractivity contribution in [1.29, 1.82) is 0 Å². The minimum absolute atomic E-state index is 0.334. The van der Waals surface area contributed by atoms with Gasteiger partial charge in [-0.15, -0.1) is 0 Å². The molecule has 0 spiro atoms. The summed E-state index contributed by atoms with van der Waals surface area (Å²) in [7, 11) is 0. The number of pyridine rings is 1. The van der Waals surface area contributed by atoms with Crippen molar-refractivity contribution in [3.63, 3.8) is 0 Å². The number of piperidine rings is 1. The molecule has 0 radical (unpaired) electrons. The van der Waals surface area contributed by atoms with E-state index in [1.165, 1.54) is 6.07 Å². The van der Waals surface area contributed by atoms with Crippen LogP contribution in [0.15, 0.2) is 42.6 Å². The van der Waals surface area contributed by atoms with Gasteiger partial charge in [0.25, 0.3) is 0 Å². The molecule has 2 aromatic rings. The van der Waals surface area contributed by atoms with Gasteiger partial charge in [0.1, 0.15) is 5.82 Å². The molecule has 3 rings (SSSR count). The number of nitrogens with one attached hydrogen (secondary N) is 1. The molecule has 0 unspecified atom stereocenters. The topological polar surface area (TPSA) is 48.4 Å². The van der Waals surface area contributed by atoms with Crippen molar-refractivity contribution in [3.05, 3.63) is 59.3 Å². The fraction of sp³-hybridized carbons (Fsp3) is 0.421. The summed E-state index contributed by atoms with van der Waals surface area (Å²) in [5, 5.41) is 13.1. The first-order valence-corrected chi connectivity index (χ1v) is 8.67. The number of aliphatic hydroxyl groups excluding tert-OH is 1. The Morgan fingerprint density at radius 3 is 2.81 bits per heavy atom. The summed E-state index contributed by atoms with van der Waals surface area (Å²) < 4.78 is 38.4. The van der Waals surface area contributed by atoms with Gasteiger partial charge in [-0.25, -0.2) is 4.98 Å². The first-order chi connectivity index (χ1) is 12.4. The van der Waals surface area contributed by atoms with Crippen molar-refractivity contribution in [2.45, 2.75) is 38.2 Å². The first kappa shape index (κ1) is 18.7. The van der Waals surface area contributed by atoms with Crippen molar-refractivity contribution >= 4 is 5.82 Å². The summed E-state index contributed by atoms with van der Waals surface area (Å²) in [4.78, 5) is 6.50. The van der Waals surface area contributed by atoms with E-state index in [1.807, 2.05) is 12.1 Å². The zero-order valence-corrected chi connectivity index (χ0v) is 14.3. The highest BCUT2D eigenvalue weighted by Gasteiger charge is 2.30. The van der Waals surface area contributed by atoms with Crippen LogP contribution in [0.4, 0.5) is 19.0 Å². The minimum Gasteiger partial charge on any atom is -0.391 e. The highest BCUT2D eigenvalue weighted by molar-refractivity contribution is 5.47. The highest BCUT2D eigenvalue weighted by Crippen LogP contribution is 2.29. The summed E-state index contributed by atoms with van der Waals surface area (Å²) in [6.45, 7) is 2.22. The SMILES string of the molecule is O[C@H]1CCCN(c2ncccc2CNCc2cccc(C(F)(F)F)c2)C1. The Labute approximate surface area is 150 Å². The fourth-order valence-corrected chi connectivity index (χ4v) is 3.20. The predicted molar refractivity (Wildman–Crippen MR) is 93.7 cm³/mol. The Morgan fingerprint density at radius 1 is 1.19 bits per heavy atom. The summed E-state index contributed by atoms with van der Waals surface area (Å²) >= 11 is 0. The number of benzene rings is 1. The fourth-order valence-electron chi connectivity index (χ4n) is 3.20. The third kappa shape index (κ3) is 4.74. The number of hydrogen-bond donors (Lipinski definition) is 2. The van der Waals surface area contributed by atoms with Crippen LogP contribution in [0.25, 0.3) is 0 Å². The van der Waals surface area contributed by atoms with Crippen molar-refractivity contribution in [1.82, 2.24) is 10.3 Å². The minimum atomic E-state index is -4.33. The molecule has 140 valence electrons. The number of nitrogens with zero attached hydrogens (tertiary/aromatic N) is 2. The lowest BCUT2D eigenvalue weighted by Crippen LogP contribution is -2.39. The maximum Gasteiger partial charge on any atom is 0.416 e. The molecule has 1 atom stereocenters. The average molecular weight is 365 g/mol. The first-order valence-electron chi connectivity index (χ1n) is 8.67. The molecule has 0 saturated carbocycles. The maximum absolute atomic E-state index is 12.8. The van der Waals surface area contributed by atoms with Crippen LogP contribution >= 0.6 is 0 Å². The summed E-state index contributed by atoms with van der Waals surface area (Å²) in [6, 6.07) is 9.12. The van der Waals surface area contributed by atoms with E-state index in [0.29, 0.717) is 25.2 Å². The van der Waals surface area contributed by atoms with Gasteiger partial charge < -0.3 is 15.3 Å². The third-order valence-electron chi connectivity index (χ3n) is 4.46. The molecule has 7 heteroatoms. The van der Waals surface area contributed by atoms with Crippen LogP contribution in [0.3, 0.4) is 0 Å². The van der Waals surface area contributed by atoms with Crippen molar-refractivity contribution in [2.24, 2.45) is 0 Å². The Morgan fingerprint density at radius 2 is 2.04 bits per heavy atom. The van der Waals surface area contributed by atoms with Gasteiger partial charge in [-0.05, 0) is 30.5 Å². The quantitative estimate of drug-likeness (QED) is 0.853. The maximum atomic E-state index is 12.8. The van der Waals surface area contributed by atoms with E-state index in [2.05, 4.69) is 15.2 Å². The lowest BCUT2D eigenvalue weighted by Gasteiger charge is -2.32. The van der Waals surface area contributed by atoms with Crippen LogP contribution in [0.5, 0.6) is 0 Å². The number of β-amino-alcohol motifs (C(OH)–C–C–N with tert-alkyl or cyclic N) is 1. The molecule has 4 nitrogen and oxygen atoms in total. The number of halogens is 3. The van der Waals surface area contributed by atoms with Crippen LogP contribution in [-0.2, 0) is 19.3 Å². The molecule has 1 aliphatic rings. The molecule has 0 bridgehead atoms. The van der Waals surface area contributed by atoms with Crippen LogP contribution in [0, 0.1) is 0 Å². The van der Waals surface area contributed by atoms with E-state index >= 15 is 0 Å². The van der Waals surface area contributed by atoms with Crippen LogP contribution < -0.4 is 10.2 Å². The molecule has 0 amide bonds. The van der Waals surface area contributed by atoms with Crippen LogP contribution in [0.1, 0.15) is 29.5 Å². The van der Waals surface area contributed by atoms with E-state index in [0.717, 1.165) is 42.9 Å². The number of hydrogen-bond acceptors (Lipinski definition) is 4. The zero-order chi connectivity index (χ0) is 18.6. The number of anilines is 1. The van der Waals surface area contributed by atoms with Crippen molar-refractivity contribution in [2.75, 3.05) is 18.0 Å². The molecule has 1 aliphatic heterocycles. The molecular formula is C19H22F3N3O. The van der Waals surface area contributed by atoms with Crippen LogP contribution in [0.2, 0.25) is 0 Å². The predicted octanol–water partition coefficient (Wildman–Crippen LogP) is 3.35. The second kappa shape index (κ2) is 8.05. The monoisotopic (exact) mass is 365 g/mol. The van der Waals surface area contributed by atoms with Gasteiger partial charge in [0.15, 0.2) is 0 Å². The van der Waals surface area contributed by atoms with E-state index in [4.69, 9.17) is 0 Å². The van der Waals surface area contributed by atoms with Crippen molar-refractivity contribution in [3.8, 4) is 0 Å². The standard InChI is InChI=1S/C19H22F3N3O/c20-19(21,22)16-6-1-4-14(10-16)11-23-12-15-5-2-8-24-18(15)25-9-3-7-17(26)13-25/h1-2,4-6,8,10,17,23,26H,3,7,9,11-13H2/t17-/m0/s1. The second-order valence-corrected chi connectivity index (χ2v) is 6.53. The summed E-state index contributed by atoms with van der Waals surface area (Å²) in [5.41, 5.74) is 0.911. The number of rotatable bonds is 5. The van der Waals surface area contributed by atoms with E-state index in [-0.39, 0.29) is 6.10 Å². The molecule has 1 fully saturated rings. The smallest absolute Gasteiger partial charge is 0.391 e. The molecule has 1 aromatic heterocycles. The summed E-state index contributed by atoms with van der Waals surface area (Å²) in [6.07, 6.45) is -1.26. The Balaban J connectivity index is 1.64. The molecule has 26 heavy (non-hydrogen) atoms. The van der Waals surface area contributed by atoms with Gasteiger partial charge in [-0.1, -0.05) is 24.3 Å². The zero-order valence-electron chi connectivity index (χ0n) is 14.3. The van der Waals surface area contributed by atoms with E-state index < -0.39 is 11.7 Å². The number of aliphatic hydroxyl groups is 1. The number of aromatic nitrogens is 1. The largest absolute Gasteiger partial charge is 0.416 e. The molecule has 1 aromatic carbocycles. The normalized spacial score (nSPS) is 18.2. The molecule has 1 saturated heterocycles. The van der Waals surface area contributed by atoms with E-state index in [1.54, 1.807) is 12.3 Å². The van der Waals surface area contributed by atoms with E-state index in [9.17, 15) is 18.3 Å². The molecule has 2 N–H and O–H groups in total. The van der Waals surface area contributed by atoms with Gasteiger partial charge in [0, 0.05) is 37.9 Å². The Kier molecular flexibility index (Phi) is 5.78. The van der Waals surface area contributed by atoms with Gasteiger partial charge in [0.05, 0.1) is 11.7 Å².